The van der Waals surface area contributed by atoms with Gasteiger partial charge in [0.2, 0.25) is 0 Å². The van der Waals surface area contributed by atoms with Gasteiger partial charge in [0.1, 0.15) is 11.4 Å². The third-order valence-electron chi connectivity index (χ3n) is 6.30. The molecule has 0 amide bonds. The maximum absolute atomic E-state index is 11.3. The minimum atomic E-state index is -0.740. The average Bonchev–Trinajstić information content (AvgIpc) is 2.92. The van der Waals surface area contributed by atoms with E-state index in [0.717, 1.165) is 54.8 Å². The summed E-state index contributed by atoms with van der Waals surface area (Å²) in [6.07, 6.45) is 3.39. The van der Waals surface area contributed by atoms with Crippen LogP contribution in [-0.4, -0.2) is 51.8 Å². The van der Waals surface area contributed by atoms with Crippen LogP contribution in [0.25, 0.3) is 0 Å². The van der Waals surface area contributed by atoms with Crippen molar-refractivity contribution in [2.24, 2.45) is 0 Å². The largest absolute Gasteiger partial charge is 0.497 e. The SMILES string of the molecule is COC(=O)CCCCCN(C)CCOC(c1ccccc1)(c1ccccc1)c1ccc(OC)cc1. The number of carbonyl (C=O) groups is 1. The third kappa shape index (κ3) is 7.17. The number of rotatable bonds is 14. The van der Waals surface area contributed by atoms with Gasteiger partial charge in [-0.2, -0.15) is 0 Å². The number of benzene rings is 3. The van der Waals surface area contributed by atoms with Gasteiger partial charge in [-0.1, -0.05) is 79.2 Å². The number of ether oxygens (including phenoxy) is 3. The minimum absolute atomic E-state index is 0.136. The first-order valence-corrected chi connectivity index (χ1v) is 12.2. The average molecular weight is 476 g/mol. The summed E-state index contributed by atoms with van der Waals surface area (Å²) in [6, 6.07) is 28.9. The van der Waals surface area contributed by atoms with E-state index in [1.807, 2.05) is 24.3 Å². The van der Waals surface area contributed by atoms with Crippen molar-refractivity contribution in [3.8, 4) is 5.75 Å². The van der Waals surface area contributed by atoms with Gasteiger partial charge >= 0.3 is 5.97 Å². The van der Waals surface area contributed by atoms with Crippen LogP contribution >= 0.6 is 0 Å². The van der Waals surface area contributed by atoms with Crippen molar-refractivity contribution in [1.29, 1.82) is 0 Å². The number of methoxy groups -OCH3 is 2. The molecule has 3 aromatic carbocycles. The molecule has 3 rings (SSSR count). The van der Waals surface area contributed by atoms with Crippen LogP contribution < -0.4 is 4.74 Å². The fourth-order valence-electron chi connectivity index (χ4n) is 4.32. The fourth-order valence-corrected chi connectivity index (χ4v) is 4.32. The molecule has 5 heteroatoms. The standard InChI is InChI=1S/C30H37NO4/c1-31(22-12-6-11-17-29(32)34-3)23-24-35-30(25-13-7-4-8-14-25,26-15-9-5-10-16-26)27-18-20-28(33-2)21-19-27/h4-5,7-10,13-16,18-21H,6,11-12,17,22-24H2,1-3H3. The van der Waals surface area contributed by atoms with Gasteiger partial charge in [0.25, 0.3) is 0 Å². The Morgan fingerprint density at radius 1 is 0.743 bits per heavy atom. The lowest BCUT2D eigenvalue weighted by Gasteiger charge is -2.36. The van der Waals surface area contributed by atoms with E-state index < -0.39 is 5.60 Å². The third-order valence-corrected chi connectivity index (χ3v) is 6.30. The molecular weight excluding hydrogens is 438 g/mol. The van der Waals surface area contributed by atoms with E-state index in [1.54, 1.807) is 7.11 Å². The highest BCUT2D eigenvalue weighted by molar-refractivity contribution is 5.68. The number of nitrogens with zero attached hydrogens (tertiary/aromatic N) is 1. The van der Waals surface area contributed by atoms with Crippen LogP contribution in [0, 0.1) is 0 Å². The molecule has 0 fully saturated rings. The quantitative estimate of drug-likeness (QED) is 0.171. The van der Waals surface area contributed by atoms with Crippen molar-refractivity contribution in [3.63, 3.8) is 0 Å². The molecule has 0 aromatic heterocycles. The summed E-state index contributed by atoms with van der Waals surface area (Å²) >= 11 is 0. The highest BCUT2D eigenvalue weighted by atomic mass is 16.5. The van der Waals surface area contributed by atoms with Gasteiger partial charge in [-0.25, -0.2) is 0 Å². The second kappa shape index (κ2) is 13.7. The second-order valence-electron chi connectivity index (χ2n) is 8.68. The maximum atomic E-state index is 11.3. The summed E-state index contributed by atoms with van der Waals surface area (Å²) in [6.45, 7) is 2.32. The molecule has 0 N–H and O–H groups in total. The number of hydrogen-bond donors (Lipinski definition) is 0. The molecule has 0 heterocycles. The Bertz CT molecular complexity index is 966. The van der Waals surface area contributed by atoms with E-state index in [2.05, 4.69) is 72.6 Å². The number of likely N-dealkylation sites (N-methyl/N-ethyl adjacent to an activating group) is 1. The molecule has 186 valence electrons. The molecule has 0 aliphatic heterocycles. The van der Waals surface area contributed by atoms with Crippen LogP contribution in [0.5, 0.6) is 5.75 Å². The molecule has 0 aliphatic carbocycles. The molecule has 3 aromatic rings. The lowest BCUT2D eigenvalue weighted by molar-refractivity contribution is -0.140. The molecule has 0 saturated carbocycles. The lowest BCUT2D eigenvalue weighted by atomic mass is 9.80. The van der Waals surface area contributed by atoms with Gasteiger partial charge in [-0.05, 0) is 55.3 Å². The Hall–Kier alpha value is -3.15. The molecule has 0 bridgehead atoms. The van der Waals surface area contributed by atoms with E-state index in [0.29, 0.717) is 13.0 Å². The Morgan fingerprint density at radius 2 is 1.31 bits per heavy atom. The van der Waals surface area contributed by atoms with Crippen molar-refractivity contribution >= 4 is 5.97 Å². The first-order valence-electron chi connectivity index (χ1n) is 12.2. The molecule has 0 aliphatic rings. The van der Waals surface area contributed by atoms with Crippen molar-refractivity contribution in [1.82, 2.24) is 4.90 Å². The Morgan fingerprint density at radius 3 is 1.86 bits per heavy atom. The molecule has 0 spiro atoms. The molecule has 35 heavy (non-hydrogen) atoms. The van der Waals surface area contributed by atoms with Crippen LogP contribution in [0.15, 0.2) is 84.9 Å². The van der Waals surface area contributed by atoms with E-state index >= 15 is 0 Å². The summed E-state index contributed by atoms with van der Waals surface area (Å²) in [7, 11) is 5.23. The van der Waals surface area contributed by atoms with Gasteiger partial charge in [0, 0.05) is 13.0 Å². The summed E-state index contributed by atoms with van der Waals surface area (Å²) in [5, 5.41) is 0. The van der Waals surface area contributed by atoms with Crippen LogP contribution in [0.3, 0.4) is 0 Å². The predicted molar refractivity (Wildman–Crippen MR) is 140 cm³/mol. The van der Waals surface area contributed by atoms with Gasteiger partial charge in [-0.15, -0.1) is 0 Å². The van der Waals surface area contributed by atoms with E-state index in [1.165, 1.54) is 7.11 Å². The smallest absolute Gasteiger partial charge is 0.305 e. The number of carbonyl (C=O) groups excluding carboxylic acids is 1. The molecule has 0 unspecified atom stereocenters. The van der Waals surface area contributed by atoms with E-state index in [4.69, 9.17) is 14.2 Å². The molecule has 0 atom stereocenters. The van der Waals surface area contributed by atoms with Crippen molar-refractivity contribution in [2.45, 2.75) is 31.3 Å². The van der Waals surface area contributed by atoms with Gasteiger partial charge in [0.05, 0.1) is 20.8 Å². The Labute approximate surface area is 209 Å². The number of unbranched alkanes of at least 4 members (excludes halogenated alkanes) is 2. The summed E-state index contributed by atoms with van der Waals surface area (Å²) in [5.74, 6) is 0.680. The van der Waals surface area contributed by atoms with Crippen molar-refractivity contribution in [2.75, 3.05) is 41.0 Å². The highest BCUT2D eigenvalue weighted by Gasteiger charge is 2.37. The first-order chi connectivity index (χ1) is 17.1. The zero-order valence-corrected chi connectivity index (χ0v) is 21.1. The van der Waals surface area contributed by atoms with Gasteiger partial charge < -0.3 is 19.1 Å². The monoisotopic (exact) mass is 475 g/mol. The first kappa shape index (κ1) is 26.5. The minimum Gasteiger partial charge on any atom is -0.497 e. The van der Waals surface area contributed by atoms with Crippen LogP contribution in [0.1, 0.15) is 42.4 Å². The Kier molecular flexibility index (Phi) is 10.3. The zero-order chi connectivity index (χ0) is 24.9. The van der Waals surface area contributed by atoms with E-state index in [9.17, 15) is 4.79 Å². The van der Waals surface area contributed by atoms with Gasteiger partial charge in [0.15, 0.2) is 0 Å². The van der Waals surface area contributed by atoms with Crippen LogP contribution in [-0.2, 0) is 19.9 Å². The molecular formula is C30H37NO4. The number of esters is 1. The molecule has 5 nitrogen and oxygen atoms in total. The zero-order valence-electron chi connectivity index (χ0n) is 21.1. The highest BCUT2D eigenvalue weighted by Crippen LogP contribution is 2.40. The maximum Gasteiger partial charge on any atom is 0.305 e. The van der Waals surface area contributed by atoms with Crippen LogP contribution in [0.4, 0.5) is 0 Å². The molecule has 0 radical (unpaired) electrons. The van der Waals surface area contributed by atoms with Crippen molar-refractivity contribution < 1.29 is 19.0 Å². The normalized spacial score (nSPS) is 11.4. The van der Waals surface area contributed by atoms with Crippen molar-refractivity contribution in [3.05, 3.63) is 102 Å². The Balaban J connectivity index is 1.77. The predicted octanol–water partition coefficient (Wildman–Crippen LogP) is 5.67. The van der Waals surface area contributed by atoms with Gasteiger partial charge in [-0.3, -0.25) is 4.79 Å². The fraction of sp³-hybridized carbons (Fsp3) is 0.367. The summed E-state index contributed by atoms with van der Waals surface area (Å²) in [5.41, 5.74) is 2.49. The van der Waals surface area contributed by atoms with E-state index in [-0.39, 0.29) is 5.97 Å². The number of hydrogen-bond acceptors (Lipinski definition) is 5. The lowest BCUT2D eigenvalue weighted by Crippen LogP contribution is -2.36. The molecule has 0 saturated heterocycles. The topological polar surface area (TPSA) is 48.0 Å². The summed E-state index contributed by atoms with van der Waals surface area (Å²) < 4.78 is 17.0. The summed E-state index contributed by atoms with van der Waals surface area (Å²) in [4.78, 5) is 13.6. The second-order valence-corrected chi connectivity index (χ2v) is 8.68. The van der Waals surface area contributed by atoms with Crippen LogP contribution in [0.2, 0.25) is 0 Å².